The minimum absolute atomic E-state index is 0.178. The van der Waals surface area contributed by atoms with E-state index >= 15 is 0 Å². The number of halogens is 1. The van der Waals surface area contributed by atoms with Crippen LogP contribution in [0.15, 0.2) is 52.0 Å². The molecule has 2 aromatic rings. The first-order valence-electron chi connectivity index (χ1n) is 7.59. The second-order valence-corrected chi connectivity index (χ2v) is 6.31. The van der Waals surface area contributed by atoms with Gasteiger partial charge in [0.2, 0.25) is 5.91 Å². The molecule has 0 spiro atoms. The maximum atomic E-state index is 12.1. The van der Waals surface area contributed by atoms with E-state index in [4.69, 9.17) is 9.47 Å². The molecule has 0 saturated carbocycles. The van der Waals surface area contributed by atoms with Gasteiger partial charge in [0.05, 0.1) is 12.1 Å². The molecule has 1 aliphatic heterocycles. The third-order valence-electron chi connectivity index (χ3n) is 3.58. The quantitative estimate of drug-likeness (QED) is 0.645. The van der Waals surface area contributed by atoms with E-state index in [1.165, 1.54) is 0 Å². The van der Waals surface area contributed by atoms with Gasteiger partial charge in [-0.05, 0) is 42.3 Å². The Balaban J connectivity index is 1.61. The molecule has 0 saturated heterocycles. The summed E-state index contributed by atoms with van der Waals surface area (Å²) in [5.74, 6) is 1.22. The summed E-state index contributed by atoms with van der Waals surface area (Å²) in [6.07, 6.45) is 0.230. The van der Waals surface area contributed by atoms with Crippen molar-refractivity contribution in [2.75, 3.05) is 13.2 Å². The van der Waals surface area contributed by atoms with Crippen molar-refractivity contribution in [3.8, 4) is 11.5 Å². The molecule has 3 rings (SSSR count). The number of ether oxygens (including phenoxy) is 2. The van der Waals surface area contributed by atoms with E-state index in [0.29, 0.717) is 19.0 Å². The van der Waals surface area contributed by atoms with Crippen LogP contribution in [-0.4, -0.2) is 24.8 Å². The molecular formula is C18H17BrN2O3. The Morgan fingerprint density at radius 1 is 1.12 bits per heavy atom. The van der Waals surface area contributed by atoms with Crippen molar-refractivity contribution in [2.24, 2.45) is 5.10 Å². The van der Waals surface area contributed by atoms with E-state index in [2.05, 4.69) is 26.5 Å². The van der Waals surface area contributed by atoms with Gasteiger partial charge in [0.1, 0.15) is 13.2 Å². The lowest BCUT2D eigenvalue weighted by molar-refractivity contribution is -0.120. The summed E-state index contributed by atoms with van der Waals surface area (Å²) in [6.45, 7) is 2.93. The Bertz CT molecular complexity index is 772. The lowest BCUT2D eigenvalue weighted by Crippen LogP contribution is -2.21. The largest absolute Gasteiger partial charge is 0.486 e. The lowest BCUT2D eigenvalue weighted by atomic mass is 10.1. The van der Waals surface area contributed by atoms with Gasteiger partial charge in [-0.1, -0.05) is 34.1 Å². The monoisotopic (exact) mass is 388 g/mol. The number of carbonyl (C=O) groups is 1. The van der Waals surface area contributed by atoms with Gasteiger partial charge in [0.25, 0.3) is 0 Å². The van der Waals surface area contributed by atoms with Crippen molar-refractivity contribution in [3.63, 3.8) is 0 Å². The second-order valence-electron chi connectivity index (χ2n) is 5.39. The van der Waals surface area contributed by atoms with Crippen molar-refractivity contribution in [1.29, 1.82) is 0 Å². The Morgan fingerprint density at radius 2 is 1.83 bits per heavy atom. The van der Waals surface area contributed by atoms with Crippen molar-refractivity contribution >= 4 is 27.5 Å². The average Bonchev–Trinajstić information content (AvgIpc) is 2.60. The lowest BCUT2D eigenvalue weighted by Gasteiger charge is -2.18. The summed E-state index contributed by atoms with van der Waals surface area (Å²) in [6, 6.07) is 13.3. The molecule has 0 unspecified atom stereocenters. The molecule has 1 heterocycles. The van der Waals surface area contributed by atoms with Gasteiger partial charge in [-0.3, -0.25) is 4.79 Å². The van der Waals surface area contributed by atoms with Gasteiger partial charge in [-0.15, -0.1) is 0 Å². The highest BCUT2D eigenvalue weighted by Gasteiger charge is 2.13. The summed E-state index contributed by atoms with van der Waals surface area (Å²) in [5.41, 5.74) is 5.15. The maximum absolute atomic E-state index is 12.1. The fourth-order valence-electron chi connectivity index (χ4n) is 2.32. The second kappa shape index (κ2) is 7.49. The molecule has 0 fully saturated rings. The third-order valence-corrected chi connectivity index (χ3v) is 4.11. The highest BCUT2D eigenvalue weighted by molar-refractivity contribution is 9.10. The normalized spacial score (nSPS) is 13.5. The number of amides is 1. The van der Waals surface area contributed by atoms with Gasteiger partial charge < -0.3 is 9.47 Å². The number of fused-ring (bicyclic) bond motifs is 1. The van der Waals surface area contributed by atoms with Crippen LogP contribution in [0.2, 0.25) is 0 Å². The number of nitrogens with zero attached hydrogens (tertiary/aromatic N) is 1. The summed E-state index contributed by atoms with van der Waals surface area (Å²) in [4.78, 5) is 12.1. The van der Waals surface area contributed by atoms with Crippen LogP contribution in [0.3, 0.4) is 0 Å². The van der Waals surface area contributed by atoms with Crippen LogP contribution < -0.4 is 14.9 Å². The van der Waals surface area contributed by atoms with Gasteiger partial charge in [0, 0.05) is 4.47 Å². The predicted molar refractivity (Wildman–Crippen MR) is 95.6 cm³/mol. The minimum atomic E-state index is -0.178. The molecule has 24 heavy (non-hydrogen) atoms. The Kier molecular flexibility index (Phi) is 5.15. The fraction of sp³-hybridized carbons (Fsp3) is 0.222. The number of carbonyl (C=O) groups excluding carboxylic acids is 1. The predicted octanol–water partition coefficient (Wildman–Crippen LogP) is 3.30. The van der Waals surface area contributed by atoms with Crippen LogP contribution in [0.4, 0.5) is 0 Å². The number of nitrogens with one attached hydrogen (secondary N) is 1. The van der Waals surface area contributed by atoms with E-state index in [0.717, 1.165) is 27.1 Å². The Morgan fingerprint density at radius 3 is 2.58 bits per heavy atom. The van der Waals surface area contributed by atoms with Crippen LogP contribution in [0.5, 0.6) is 11.5 Å². The first-order chi connectivity index (χ1) is 11.6. The zero-order valence-corrected chi connectivity index (χ0v) is 14.8. The van der Waals surface area contributed by atoms with Crippen LogP contribution in [0.1, 0.15) is 18.1 Å². The topological polar surface area (TPSA) is 59.9 Å². The molecule has 0 bridgehead atoms. The van der Waals surface area contributed by atoms with Crippen molar-refractivity contribution < 1.29 is 14.3 Å². The van der Waals surface area contributed by atoms with Gasteiger partial charge in [-0.25, -0.2) is 5.43 Å². The van der Waals surface area contributed by atoms with Crippen LogP contribution in [0, 0.1) is 0 Å². The summed E-state index contributed by atoms with van der Waals surface area (Å²) in [7, 11) is 0. The number of hydrogen-bond donors (Lipinski definition) is 1. The number of benzene rings is 2. The van der Waals surface area contributed by atoms with E-state index in [9.17, 15) is 4.79 Å². The highest BCUT2D eigenvalue weighted by Crippen LogP contribution is 2.30. The number of rotatable bonds is 4. The third kappa shape index (κ3) is 4.14. The first kappa shape index (κ1) is 16.5. The molecule has 1 N–H and O–H groups in total. The summed E-state index contributed by atoms with van der Waals surface area (Å²) >= 11 is 3.39. The molecule has 6 heteroatoms. The standard InChI is InChI=1S/C18H17BrN2O3/c1-12(14-3-5-15(19)6-4-14)20-21-18(22)11-13-2-7-16-17(10-13)24-9-8-23-16/h2-7,10H,8-9,11H2,1H3,(H,21,22)/b20-12-. The van der Waals surface area contributed by atoms with E-state index in [1.807, 2.05) is 49.4 Å². The van der Waals surface area contributed by atoms with Crippen molar-refractivity contribution in [2.45, 2.75) is 13.3 Å². The molecule has 0 atom stereocenters. The van der Waals surface area contributed by atoms with E-state index in [1.54, 1.807) is 0 Å². The fourth-order valence-corrected chi connectivity index (χ4v) is 2.59. The molecule has 1 aliphatic rings. The van der Waals surface area contributed by atoms with Gasteiger partial charge in [-0.2, -0.15) is 5.10 Å². The zero-order valence-electron chi connectivity index (χ0n) is 13.2. The molecule has 0 radical (unpaired) electrons. The molecule has 0 aromatic heterocycles. The first-order valence-corrected chi connectivity index (χ1v) is 8.39. The van der Waals surface area contributed by atoms with E-state index in [-0.39, 0.29) is 12.3 Å². The summed E-state index contributed by atoms with van der Waals surface area (Å²) < 4.78 is 12.0. The molecule has 124 valence electrons. The number of hydrazone groups is 1. The molecule has 2 aromatic carbocycles. The Hall–Kier alpha value is -2.34. The number of hydrogen-bond acceptors (Lipinski definition) is 4. The molecule has 1 amide bonds. The Labute approximate surface area is 148 Å². The van der Waals surface area contributed by atoms with Crippen molar-refractivity contribution in [3.05, 3.63) is 58.1 Å². The van der Waals surface area contributed by atoms with Crippen LogP contribution in [0.25, 0.3) is 0 Å². The maximum Gasteiger partial charge on any atom is 0.244 e. The van der Waals surface area contributed by atoms with Crippen LogP contribution in [-0.2, 0) is 11.2 Å². The molecule has 0 aliphatic carbocycles. The SMILES string of the molecule is C/C(=N/NC(=O)Cc1ccc2c(c1)OCCO2)c1ccc(Br)cc1. The minimum Gasteiger partial charge on any atom is -0.486 e. The van der Waals surface area contributed by atoms with E-state index < -0.39 is 0 Å². The smallest absolute Gasteiger partial charge is 0.244 e. The average molecular weight is 389 g/mol. The summed E-state index contributed by atoms with van der Waals surface area (Å²) in [5, 5.41) is 4.15. The van der Waals surface area contributed by atoms with Crippen molar-refractivity contribution in [1.82, 2.24) is 5.43 Å². The molecular weight excluding hydrogens is 372 g/mol. The highest BCUT2D eigenvalue weighted by atomic mass is 79.9. The zero-order chi connectivity index (χ0) is 16.9. The van der Waals surface area contributed by atoms with Gasteiger partial charge >= 0.3 is 0 Å². The molecule has 5 nitrogen and oxygen atoms in total. The van der Waals surface area contributed by atoms with Gasteiger partial charge in [0.15, 0.2) is 11.5 Å². The van der Waals surface area contributed by atoms with Crippen LogP contribution >= 0.6 is 15.9 Å².